The monoisotopic (exact) mass is 480 g/mol. The molecule has 4 N–H and O–H groups in total. The van der Waals surface area contributed by atoms with E-state index in [1.807, 2.05) is 66.3 Å². The van der Waals surface area contributed by atoms with Crippen molar-refractivity contribution >= 4 is 23.1 Å². The Morgan fingerprint density at radius 2 is 1.82 bits per heavy atom. The maximum atomic E-state index is 9.31. The fourth-order valence-electron chi connectivity index (χ4n) is 4.02. The first-order valence-corrected chi connectivity index (χ1v) is 11.3. The molecule has 2 aliphatic heterocycles. The first kappa shape index (κ1) is 22.3. The summed E-state index contributed by atoms with van der Waals surface area (Å²) >= 11 is 6.83. The van der Waals surface area contributed by atoms with E-state index < -0.39 is 6.04 Å². The molecule has 0 unspecified atom stereocenters. The molecule has 0 spiro atoms. The van der Waals surface area contributed by atoms with Gasteiger partial charge in [0.25, 0.3) is 0 Å². The van der Waals surface area contributed by atoms with Crippen LogP contribution in [0.25, 0.3) is 22.4 Å². The minimum absolute atomic E-state index is 0.210. The van der Waals surface area contributed by atoms with Crippen molar-refractivity contribution in [2.45, 2.75) is 6.04 Å². The van der Waals surface area contributed by atoms with Crippen LogP contribution in [0, 0.1) is 0 Å². The molecule has 0 atom stereocenters. The number of hydrogen-bond acceptors (Lipinski definition) is 6. The highest BCUT2D eigenvalue weighted by Gasteiger charge is 2.18. The Balaban J connectivity index is 1.48. The number of aromatic nitrogens is 2. The molecule has 2 aromatic rings. The standard InChI is InChI=1S/C25H25ClN4O4/c1-30-21-12-16(27-17(13-31)14-32)6-7-19(21)25(29-30)28-20-4-2-3-18(24(20)26)15-5-8-22-23(11-15)34-10-9-33-22/h2-8,11-12,17,28-29,31-32H,9-10,13-14H2,1H3. The Morgan fingerprint density at radius 1 is 1.03 bits per heavy atom. The van der Waals surface area contributed by atoms with E-state index in [0.29, 0.717) is 29.3 Å². The third-order valence-corrected chi connectivity index (χ3v) is 6.16. The highest BCUT2D eigenvalue weighted by atomic mass is 35.5. The van der Waals surface area contributed by atoms with Gasteiger partial charge in [0.2, 0.25) is 0 Å². The number of anilines is 2. The number of aryl methyl sites for hydroxylation is 1. The van der Waals surface area contributed by atoms with Crippen LogP contribution in [0.4, 0.5) is 11.5 Å². The average molecular weight is 481 g/mol. The molecule has 0 amide bonds. The summed E-state index contributed by atoms with van der Waals surface area (Å²) in [4.78, 5) is 4.38. The topological polar surface area (TPSA) is 104 Å². The minimum atomic E-state index is -0.540. The van der Waals surface area contributed by atoms with Crippen LogP contribution >= 0.6 is 11.6 Å². The summed E-state index contributed by atoms with van der Waals surface area (Å²) in [6, 6.07) is 16.8. The second-order valence-corrected chi connectivity index (χ2v) is 8.42. The molecule has 1 aliphatic carbocycles. The smallest absolute Gasteiger partial charge is 0.161 e. The lowest BCUT2D eigenvalue weighted by Crippen LogP contribution is -2.19. The van der Waals surface area contributed by atoms with Gasteiger partial charge in [0.05, 0.1) is 41.0 Å². The molecule has 5 rings (SSSR count). The fourth-order valence-corrected chi connectivity index (χ4v) is 4.30. The molecule has 0 fully saturated rings. The zero-order chi connectivity index (χ0) is 23.7. The predicted molar refractivity (Wildman–Crippen MR) is 131 cm³/mol. The van der Waals surface area contributed by atoms with Gasteiger partial charge in [-0.3, -0.25) is 14.8 Å². The molecule has 0 saturated carbocycles. The Morgan fingerprint density at radius 3 is 2.62 bits per heavy atom. The molecular formula is C25H25ClN4O4. The van der Waals surface area contributed by atoms with Crippen molar-refractivity contribution < 1.29 is 19.7 Å². The van der Waals surface area contributed by atoms with Gasteiger partial charge in [-0.1, -0.05) is 29.8 Å². The molecule has 0 aromatic heterocycles. The second kappa shape index (κ2) is 9.42. The Labute approximate surface area is 201 Å². The number of H-pyrrole nitrogens is 1. The number of nitrogens with zero attached hydrogens (tertiary/aromatic N) is 2. The number of nitrogens with one attached hydrogen (secondary N) is 2. The molecular weight excluding hydrogens is 456 g/mol. The minimum Gasteiger partial charge on any atom is -0.486 e. The normalized spacial score (nSPS) is 13.6. The summed E-state index contributed by atoms with van der Waals surface area (Å²) in [5, 5.41) is 26.6. The lowest BCUT2D eigenvalue weighted by molar-refractivity contribution is 0.171. The average Bonchev–Trinajstić information content (AvgIpc) is 3.18. The van der Waals surface area contributed by atoms with Crippen molar-refractivity contribution in [1.29, 1.82) is 0 Å². The van der Waals surface area contributed by atoms with Crippen molar-refractivity contribution in [3.8, 4) is 33.9 Å². The van der Waals surface area contributed by atoms with Crippen LogP contribution in [-0.4, -0.2) is 52.5 Å². The predicted octanol–water partition coefficient (Wildman–Crippen LogP) is 3.55. The van der Waals surface area contributed by atoms with E-state index in [-0.39, 0.29) is 13.2 Å². The van der Waals surface area contributed by atoms with Gasteiger partial charge in [-0.05, 0) is 42.0 Å². The molecule has 0 saturated heterocycles. The number of aliphatic hydroxyl groups is 2. The molecule has 8 nitrogen and oxygen atoms in total. The largest absolute Gasteiger partial charge is 0.486 e. The van der Waals surface area contributed by atoms with Gasteiger partial charge in [0, 0.05) is 18.2 Å². The van der Waals surface area contributed by atoms with Crippen molar-refractivity contribution in [2.75, 3.05) is 31.7 Å². The Hall–Kier alpha value is -3.46. The highest BCUT2D eigenvalue weighted by Crippen LogP contribution is 2.40. The van der Waals surface area contributed by atoms with E-state index in [1.165, 1.54) is 0 Å². The molecule has 2 heterocycles. The van der Waals surface area contributed by atoms with Crippen LogP contribution in [0.3, 0.4) is 0 Å². The first-order valence-electron chi connectivity index (χ1n) is 11.0. The third kappa shape index (κ3) is 4.23. The maximum absolute atomic E-state index is 9.31. The highest BCUT2D eigenvalue weighted by molar-refractivity contribution is 6.36. The zero-order valence-electron chi connectivity index (χ0n) is 18.6. The summed E-state index contributed by atoms with van der Waals surface area (Å²) in [6.07, 6.45) is 0. The van der Waals surface area contributed by atoms with Crippen molar-refractivity contribution in [3.05, 3.63) is 65.0 Å². The summed E-state index contributed by atoms with van der Waals surface area (Å²) in [5.41, 5.74) is 4.44. The summed E-state index contributed by atoms with van der Waals surface area (Å²) < 4.78 is 13.2. The van der Waals surface area contributed by atoms with E-state index in [4.69, 9.17) is 21.1 Å². The zero-order valence-corrected chi connectivity index (χ0v) is 19.3. The Bertz CT molecular complexity index is 1360. The van der Waals surface area contributed by atoms with Gasteiger partial charge >= 0.3 is 0 Å². The van der Waals surface area contributed by atoms with Crippen LogP contribution in [0.15, 0.2) is 59.6 Å². The van der Waals surface area contributed by atoms with Crippen molar-refractivity contribution in [3.63, 3.8) is 0 Å². The molecule has 9 heteroatoms. The van der Waals surface area contributed by atoms with E-state index in [9.17, 15) is 10.2 Å². The molecule has 0 radical (unpaired) electrons. The SMILES string of the molecule is Cn1[nH]c(Nc2cccc(-c3ccc4c(c3)OCCO4)c2Cl)c2ccc(=NC(CO)CO)cc1-2. The lowest BCUT2D eigenvalue weighted by Gasteiger charge is -2.19. The van der Waals surface area contributed by atoms with Gasteiger partial charge in [-0.15, -0.1) is 0 Å². The molecule has 0 bridgehead atoms. The maximum Gasteiger partial charge on any atom is 0.161 e. The number of halogens is 1. The van der Waals surface area contributed by atoms with Crippen LogP contribution < -0.4 is 20.1 Å². The van der Waals surface area contributed by atoms with Crippen molar-refractivity contribution in [2.24, 2.45) is 12.0 Å². The number of hydrogen-bond donors (Lipinski definition) is 4. The summed E-state index contributed by atoms with van der Waals surface area (Å²) in [5.74, 6) is 2.23. The van der Waals surface area contributed by atoms with Crippen LogP contribution in [0.1, 0.15) is 0 Å². The molecule has 3 aliphatic rings. The number of fused-ring (bicyclic) bond motifs is 2. The molecule has 34 heavy (non-hydrogen) atoms. The van der Waals surface area contributed by atoms with Gasteiger partial charge in [-0.2, -0.15) is 0 Å². The molecule has 2 aromatic carbocycles. The fraction of sp³-hybridized carbons (Fsp3) is 0.240. The van der Waals surface area contributed by atoms with E-state index in [2.05, 4.69) is 15.4 Å². The third-order valence-electron chi connectivity index (χ3n) is 5.76. The van der Waals surface area contributed by atoms with Crippen molar-refractivity contribution in [1.82, 2.24) is 9.78 Å². The van der Waals surface area contributed by atoms with E-state index in [0.717, 1.165) is 39.6 Å². The Kier molecular flexibility index (Phi) is 6.19. The van der Waals surface area contributed by atoms with Gasteiger partial charge in [-0.25, -0.2) is 0 Å². The van der Waals surface area contributed by atoms with Gasteiger partial charge < -0.3 is 25.0 Å². The van der Waals surface area contributed by atoms with Crippen LogP contribution in [0.2, 0.25) is 5.02 Å². The number of rotatable bonds is 6. The van der Waals surface area contributed by atoms with E-state index >= 15 is 0 Å². The quantitative estimate of drug-likeness (QED) is 0.338. The number of aromatic amines is 1. The summed E-state index contributed by atoms with van der Waals surface area (Å²) in [7, 11) is 1.90. The van der Waals surface area contributed by atoms with Gasteiger partial charge in [0.1, 0.15) is 19.0 Å². The second-order valence-electron chi connectivity index (χ2n) is 8.05. The van der Waals surface area contributed by atoms with Crippen LogP contribution in [-0.2, 0) is 7.05 Å². The number of benzene rings is 3. The van der Waals surface area contributed by atoms with E-state index in [1.54, 1.807) is 0 Å². The molecule has 176 valence electrons. The first-order chi connectivity index (χ1) is 16.6. The summed E-state index contributed by atoms with van der Waals surface area (Å²) in [6.45, 7) is 0.656. The lowest BCUT2D eigenvalue weighted by atomic mass is 10.0. The van der Waals surface area contributed by atoms with Crippen LogP contribution in [0.5, 0.6) is 11.5 Å². The number of aliphatic hydroxyl groups excluding tert-OH is 2. The number of ether oxygens (including phenoxy) is 2. The van der Waals surface area contributed by atoms with Gasteiger partial charge in [0.15, 0.2) is 11.5 Å².